The number of rotatable bonds is 2. The van der Waals surface area contributed by atoms with E-state index in [0.717, 1.165) is 0 Å². The van der Waals surface area contributed by atoms with Crippen LogP contribution in [0.2, 0.25) is 0 Å². The Morgan fingerprint density at radius 1 is 1.46 bits per heavy atom. The van der Waals surface area contributed by atoms with Crippen molar-refractivity contribution < 1.29 is 9.53 Å². The number of ether oxygens (including phenoxy) is 1. The predicted molar refractivity (Wildman–Crippen MR) is 49.8 cm³/mol. The van der Waals surface area contributed by atoms with Crippen molar-refractivity contribution in [2.24, 2.45) is 17.8 Å². The predicted octanol–water partition coefficient (Wildman–Crippen LogP) is 2.19. The smallest absolute Gasteiger partial charge is 0.309 e. The van der Waals surface area contributed by atoms with E-state index in [1.165, 1.54) is 19.3 Å². The normalized spacial score (nSPS) is 37.0. The van der Waals surface area contributed by atoms with E-state index in [1.807, 2.05) is 13.8 Å². The first kappa shape index (κ1) is 9.04. The minimum atomic E-state index is 0.00204. The van der Waals surface area contributed by atoms with E-state index in [4.69, 9.17) is 4.74 Å². The maximum absolute atomic E-state index is 11.6. The molecular formula is C11H17O2. The van der Waals surface area contributed by atoms with Crippen molar-refractivity contribution in [3.8, 4) is 0 Å². The number of carbonyl (C=O) groups excluding carboxylic acids is 1. The highest BCUT2D eigenvalue weighted by atomic mass is 16.5. The van der Waals surface area contributed by atoms with Crippen molar-refractivity contribution in [2.75, 3.05) is 0 Å². The van der Waals surface area contributed by atoms with Crippen LogP contribution in [0, 0.1) is 24.2 Å². The van der Waals surface area contributed by atoms with Crippen LogP contribution in [0.25, 0.3) is 0 Å². The first-order valence-corrected chi connectivity index (χ1v) is 5.22. The van der Waals surface area contributed by atoms with Gasteiger partial charge < -0.3 is 4.74 Å². The summed E-state index contributed by atoms with van der Waals surface area (Å²) in [7, 11) is 0. The van der Waals surface area contributed by atoms with Gasteiger partial charge in [0.2, 0.25) is 0 Å². The highest BCUT2D eigenvalue weighted by molar-refractivity contribution is 5.75. The Morgan fingerprint density at radius 2 is 2.23 bits per heavy atom. The second-order valence-corrected chi connectivity index (χ2v) is 4.54. The molecule has 2 fully saturated rings. The van der Waals surface area contributed by atoms with Crippen LogP contribution in [0.3, 0.4) is 0 Å². The molecule has 2 heteroatoms. The Balaban J connectivity index is 1.91. The lowest BCUT2D eigenvalue weighted by Crippen LogP contribution is -2.25. The van der Waals surface area contributed by atoms with Crippen LogP contribution in [0.4, 0.5) is 0 Å². The van der Waals surface area contributed by atoms with Crippen LogP contribution >= 0.6 is 0 Å². The van der Waals surface area contributed by atoms with E-state index < -0.39 is 0 Å². The summed E-state index contributed by atoms with van der Waals surface area (Å²) in [5, 5.41) is 0. The topological polar surface area (TPSA) is 26.3 Å². The highest BCUT2D eigenvalue weighted by Gasteiger charge is 2.44. The number of hydrogen-bond acceptors (Lipinski definition) is 2. The fourth-order valence-electron chi connectivity index (χ4n) is 2.59. The first-order chi connectivity index (χ1) is 6.16. The van der Waals surface area contributed by atoms with Crippen molar-refractivity contribution in [2.45, 2.75) is 39.2 Å². The van der Waals surface area contributed by atoms with Gasteiger partial charge in [-0.15, -0.1) is 0 Å². The highest BCUT2D eigenvalue weighted by Crippen LogP contribution is 2.47. The van der Waals surface area contributed by atoms with Crippen molar-refractivity contribution in [3.63, 3.8) is 0 Å². The second-order valence-electron chi connectivity index (χ2n) is 4.54. The Morgan fingerprint density at radius 3 is 2.69 bits per heavy atom. The molecule has 2 nitrogen and oxygen atoms in total. The van der Waals surface area contributed by atoms with Crippen molar-refractivity contribution >= 4 is 5.97 Å². The molecule has 0 saturated heterocycles. The van der Waals surface area contributed by atoms with Crippen LogP contribution in [0.1, 0.15) is 33.1 Å². The Labute approximate surface area is 79.7 Å². The SMILES string of the molecule is CC(C)OC(=O)C1[CH]C2CCC1C2. The van der Waals surface area contributed by atoms with E-state index in [-0.39, 0.29) is 18.0 Å². The Hall–Kier alpha value is -0.530. The minimum Gasteiger partial charge on any atom is -0.463 e. The van der Waals surface area contributed by atoms with Gasteiger partial charge >= 0.3 is 5.97 Å². The van der Waals surface area contributed by atoms with Gasteiger partial charge in [-0.3, -0.25) is 4.79 Å². The summed E-state index contributed by atoms with van der Waals surface area (Å²) in [6.07, 6.45) is 5.96. The zero-order valence-corrected chi connectivity index (χ0v) is 8.32. The van der Waals surface area contributed by atoms with E-state index in [0.29, 0.717) is 11.8 Å². The summed E-state index contributed by atoms with van der Waals surface area (Å²) in [6.45, 7) is 3.82. The largest absolute Gasteiger partial charge is 0.463 e. The summed E-state index contributed by atoms with van der Waals surface area (Å²) in [5.41, 5.74) is 0. The molecule has 3 unspecified atom stereocenters. The summed E-state index contributed by atoms with van der Waals surface area (Å²) in [5.74, 6) is 1.41. The molecule has 13 heavy (non-hydrogen) atoms. The third kappa shape index (κ3) is 1.72. The van der Waals surface area contributed by atoms with E-state index >= 15 is 0 Å². The van der Waals surface area contributed by atoms with Gasteiger partial charge in [0.15, 0.2) is 0 Å². The molecule has 73 valence electrons. The monoisotopic (exact) mass is 181 g/mol. The molecule has 0 heterocycles. The lowest BCUT2D eigenvalue weighted by atomic mass is 9.89. The van der Waals surface area contributed by atoms with Gasteiger partial charge in [0.05, 0.1) is 12.0 Å². The molecule has 0 aromatic rings. The molecule has 0 amide bonds. The molecular weight excluding hydrogens is 164 g/mol. The van der Waals surface area contributed by atoms with Gasteiger partial charge in [-0.1, -0.05) is 0 Å². The van der Waals surface area contributed by atoms with Gasteiger partial charge in [0, 0.05) is 0 Å². The molecule has 0 aromatic heterocycles. The fourth-order valence-corrected chi connectivity index (χ4v) is 2.59. The molecule has 2 bridgehead atoms. The summed E-state index contributed by atoms with van der Waals surface area (Å²) in [4.78, 5) is 11.6. The van der Waals surface area contributed by atoms with Gasteiger partial charge in [-0.2, -0.15) is 0 Å². The van der Waals surface area contributed by atoms with Gasteiger partial charge in [0.25, 0.3) is 0 Å². The molecule has 0 N–H and O–H groups in total. The van der Waals surface area contributed by atoms with E-state index in [1.54, 1.807) is 0 Å². The standard InChI is InChI=1S/C11H17O2/c1-7(2)13-11(12)10-6-8-3-4-9(10)5-8/h6-10H,3-5H2,1-2H3. The quantitative estimate of drug-likeness (QED) is 0.610. The Bertz CT molecular complexity index is 210. The number of esters is 1. The van der Waals surface area contributed by atoms with E-state index in [9.17, 15) is 4.79 Å². The van der Waals surface area contributed by atoms with Crippen LogP contribution in [-0.4, -0.2) is 12.1 Å². The third-order valence-corrected chi connectivity index (χ3v) is 3.13. The molecule has 2 rings (SSSR count). The average Bonchev–Trinajstić information content (AvgIpc) is 2.62. The molecule has 2 aliphatic rings. The van der Waals surface area contributed by atoms with E-state index in [2.05, 4.69) is 6.42 Å². The van der Waals surface area contributed by atoms with Gasteiger partial charge in [0.1, 0.15) is 0 Å². The van der Waals surface area contributed by atoms with Gasteiger partial charge in [-0.25, -0.2) is 0 Å². The molecule has 2 aliphatic carbocycles. The minimum absolute atomic E-state index is 0.00204. The molecule has 2 saturated carbocycles. The zero-order chi connectivity index (χ0) is 9.42. The van der Waals surface area contributed by atoms with Crippen molar-refractivity contribution in [1.29, 1.82) is 0 Å². The first-order valence-electron chi connectivity index (χ1n) is 5.22. The van der Waals surface area contributed by atoms with Gasteiger partial charge in [-0.05, 0) is 51.4 Å². The fraction of sp³-hybridized carbons (Fsp3) is 0.818. The Kier molecular flexibility index (Phi) is 2.31. The average molecular weight is 181 g/mol. The second kappa shape index (κ2) is 3.32. The molecule has 0 aromatic carbocycles. The zero-order valence-electron chi connectivity index (χ0n) is 8.32. The van der Waals surface area contributed by atoms with Crippen LogP contribution in [0.15, 0.2) is 0 Å². The van der Waals surface area contributed by atoms with Crippen molar-refractivity contribution in [3.05, 3.63) is 6.42 Å². The maximum atomic E-state index is 11.6. The van der Waals surface area contributed by atoms with Crippen LogP contribution in [0.5, 0.6) is 0 Å². The molecule has 0 aliphatic heterocycles. The maximum Gasteiger partial charge on any atom is 0.309 e. The van der Waals surface area contributed by atoms with Crippen LogP contribution < -0.4 is 0 Å². The van der Waals surface area contributed by atoms with Crippen molar-refractivity contribution in [1.82, 2.24) is 0 Å². The lowest BCUT2D eigenvalue weighted by molar-refractivity contribution is -0.152. The lowest BCUT2D eigenvalue weighted by Gasteiger charge is -2.20. The summed E-state index contributed by atoms with van der Waals surface area (Å²) < 4.78 is 5.22. The molecule has 0 spiro atoms. The molecule has 1 radical (unpaired) electrons. The third-order valence-electron chi connectivity index (χ3n) is 3.13. The molecule has 3 atom stereocenters. The number of hydrogen-bond donors (Lipinski definition) is 0. The summed E-state index contributed by atoms with van der Waals surface area (Å²) in [6, 6.07) is 0. The number of carbonyl (C=O) groups is 1. The number of fused-ring (bicyclic) bond motifs is 2. The van der Waals surface area contributed by atoms with Crippen LogP contribution in [-0.2, 0) is 9.53 Å². The summed E-state index contributed by atoms with van der Waals surface area (Å²) >= 11 is 0.